The van der Waals surface area contributed by atoms with E-state index in [1.807, 2.05) is 0 Å². The maximum absolute atomic E-state index is 12.7. The molecule has 0 spiro atoms. The first-order valence-corrected chi connectivity index (χ1v) is 5.82. The van der Waals surface area contributed by atoms with Crippen molar-refractivity contribution in [3.05, 3.63) is 29.5 Å². The summed E-state index contributed by atoms with van der Waals surface area (Å²) in [6.45, 7) is 0. The van der Waals surface area contributed by atoms with Crippen LogP contribution in [0.4, 0.5) is 19.0 Å². The number of rotatable bonds is 1. The molecule has 0 saturated heterocycles. The lowest BCUT2D eigenvalue weighted by Gasteiger charge is -2.25. The number of hydrogen-bond donors (Lipinski definition) is 1. The van der Waals surface area contributed by atoms with Gasteiger partial charge in [-0.15, -0.1) is 0 Å². The molecule has 0 aliphatic heterocycles. The van der Waals surface area contributed by atoms with Crippen molar-refractivity contribution in [1.29, 1.82) is 0 Å². The molecule has 0 radical (unpaired) electrons. The van der Waals surface area contributed by atoms with E-state index in [9.17, 15) is 13.2 Å². The smallest absolute Gasteiger partial charge is 0.382 e. The van der Waals surface area contributed by atoms with Crippen LogP contribution in [0.5, 0.6) is 0 Å². The Bertz CT molecular complexity index is 596. The highest BCUT2D eigenvalue weighted by atomic mass is 19.4. The fraction of sp³-hybridized carbons (Fsp3) is 0.417. The summed E-state index contributed by atoms with van der Waals surface area (Å²) in [5.74, 6) is 0.602. The van der Waals surface area contributed by atoms with Gasteiger partial charge in [0.1, 0.15) is 5.82 Å². The van der Waals surface area contributed by atoms with Crippen LogP contribution >= 0.6 is 0 Å². The standard InChI is InChI=1S/C12H12F3N3/c13-12(14,15)8-4-5-18-9(6-8)10(11(16)17-18)7-2-1-3-7/h4-7H,1-3H2,(H2,16,17). The third-order valence-electron chi connectivity index (χ3n) is 3.54. The van der Waals surface area contributed by atoms with E-state index in [1.165, 1.54) is 10.7 Å². The highest BCUT2D eigenvalue weighted by Crippen LogP contribution is 2.42. The molecule has 0 bridgehead atoms. The van der Waals surface area contributed by atoms with Gasteiger partial charge in [0, 0.05) is 11.8 Å². The lowest BCUT2D eigenvalue weighted by Crippen LogP contribution is -2.11. The van der Waals surface area contributed by atoms with Gasteiger partial charge < -0.3 is 5.73 Å². The van der Waals surface area contributed by atoms with Crippen LogP contribution in [0.25, 0.3) is 5.52 Å². The van der Waals surface area contributed by atoms with Crippen molar-refractivity contribution in [2.45, 2.75) is 31.4 Å². The Balaban J connectivity index is 2.18. The highest BCUT2D eigenvalue weighted by Gasteiger charge is 2.32. The number of pyridine rings is 1. The zero-order valence-electron chi connectivity index (χ0n) is 9.54. The third kappa shape index (κ3) is 1.63. The van der Waals surface area contributed by atoms with Crippen molar-refractivity contribution in [3.8, 4) is 0 Å². The van der Waals surface area contributed by atoms with Crippen molar-refractivity contribution < 1.29 is 13.2 Å². The van der Waals surface area contributed by atoms with E-state index in [2.05, 4.69) is 5.10 Å². The Kier molecular flexibility index (Phi) is 2.30. The van der Waals surface area contributed by atoms with Crippen LogP contribution in [0.3, 0.4) is 0 Å². The van der Waals surface area contributed by atoms with Crippen molar-refractivity contribution in [2.75, 3.05) is 5.73 Å². The van der Waals surface area contributed by atoms with Crippen LogP contribution in [0, 0.1) is 0 Å². The molecular weight excluding hydrogens is 243 g/mol. The van der Waals surface area contributed by atoms with Gasteiger partial charge in [-0.25, -0.2) is 4.52 Å². The zero-order valence-corrected chi connectivity index (χ0v) is 9.54. The molecule has 18 heavy (non-hydrogen) atoms. The molecule has 3 rings (SSSR count). The molecule has 1 aliphatic carbocycles. The lowest BCUT2D eigenvalue weighted by molar-refractivity contribution is -0.137. The molecular formula is C12H12F3N3. The average molecular weight is 255 g/mol. The van der Waals surface area contributed by atoms with Gasteiger partial charge in [0.2, 0.25) is 0 Å². The fourth-order valence-electron chi connectivity index (χ4n) is 2.37. The van der Waals surface area contributed by atoms with Crippen LogP contribution in [-0.4, -0.2) is 9.61 Å². The summed E-state index contributed by atoms with van der Waals surface area (Å²) in [4.78, 5) is 0. The van der Waals surface area contributed by atoms with Crippen molar-refractivity contribution in [1.82, 2.24) is 9.61 Å². The average Bonchev–Trinajstić information content (AvgIpc) is 2.51. The second-order valence-corrected chi connectivity index (χ2v) is 4.67. The maximum Gasteiger partial charge on any atom is 0.416 e. The van der Waals surface area contributed by atoms with Gasteiger partial charge in [0.05, 0.1) is 11.1 Å². The number of alkyl halides is 3. The number of aromatic nitrogens is 2. The number of nitrogen functional groups attached to an aromatic ring is 1. The molecule has 2 aromatic rings. The maximum atomic E-state index is 12.7. The molecule has 6 heteroatoms. The van der Waals surface area contributed by atoms with Crippen LogP contribution in [-0.2, 0) is 6.18 Å². The zero-order chi connectivity index (χ0) is 12.9. The van der Waals surface area contributed by atoms with Crippen LogP contribution in [0.1, 0.15) is 36.3 Å². The van der Waals surface area contributed by atoms with E-state index in [0.29, 0.717) is 11.3 Å². The highest BCUT2D eigenvalue weighted by molar-refractivity contribution is 5.66. The summed E-state index contributed by atoms with van der Waals surface area (Å²) in [6, 6.07) is 2.15. The number of nitrogens with two attached hydrogens (primary N) is 1. The predicted octanol–water partition coefficient (Wildman–Crippen LogP) is 3.20. The summed E-state index contributed by atoms with van der Waals surface area (Å²) in [7, 11) is 0. The van der Waals surface area contributed by atoms with Crippen molar-refractivity contribution in [3.63, 3.8) is 0 Å². The summed E-state index contributed by atoms with van der Waals surface area (Å²) in [5, 5.41) is 4.07. The monoisotopic (exact) mass is 255 g/mol. The Morgan fingerprint density at radius 2 is 2.06 bits per heavy atom. The third-order valence-corrected chi connectivity index (χ3v) is 3.54. The number of nitrogens with zero attached hydrogens (tertiary/aromatic N) is 2. The molecule has 2 N–H and O–H groups in total. The normalized spacial score (nSPS) is 17.1. The van der Waals surface area contributed by atoms with Gasteiger partial charge in [-0.05, 0) is 30.9 Å². The van der Waals surface area contributed by atoms with Crippen LogP contribution in [0.2, 0.25) is 0 Å². The summed E-state index contributed by atoms with van der Waals surface area (Å²) < 4.78 is 39.5. The fourth-order valence-corrected chi connectivity index (χ4v) is 2.37. The predicted molar refractivity (Wildman–Crippen MR) is 61.2 cm³/mol. The molecule has 2 aromatic heterocycles. The van der Waals surface area contributed by atoms with Crippen molar-refractivity contribution in [2.24, 2.45) is 0 Å². The molecule has 1 fully saturated rings. The van der Waals surface area contributed by atoms with E-state index < -0.39 is 11.7 Å². The molecule has 96 valence electrons. The minimum Gasteiger partial charge on any atom is -0.382 e. The lowest BCUT2D eigenvalue weighted by atomic mass is 9.80. The molecule has 1 aliphatic rings. The minimum absolute atomic E-state index is 0.256. The minimum atomic E-state index is -4.34. The van der Waals surface area contributed by atoms with E-state index >= 15 is 0 Å². The number of fused-ring (bicyclic) bond motifs is 1. The first-order chi connectivity index (χ1) is 8.47. The molecule has 0 atom stereocenters. The van der Waals surface area contributed by atoms with Gasteiger partial charge in [-0.2, -0.15) is 18.3 Å². The second kappa shape index (κ2) is 3.63. The Hall–Kier alpha value is -1.72. The topological polar surface area (TPSA) is 43.3 Å². The first-order valence-electron chi connectivity index (χ1n) is 5.82. The van der Waals surface area contributed by atoms with Crippen LogP contribution in [0.15, 0.2) is 18.3 Å². The Morgan fingerprint density at radius 1 is 1.33 bits per heavy atom. The van der Waals surface area contributed by atoms with Crippen LogP contribution < -0.4 is 5.73 Å². The summed E-state index contributed by atoms with van der Waals surface area (Å²) in [6.07, 6.45) is 0.0261. The number of anilines is 1. The van der Waals surface area contributed by atoms with E-state index in [0.717, 1.165) is 37.0 Å². The van der Waals surface area contributed by atoms with Gasteiger partial charge in [0.25, 0.3) is 0 Å². The summed E-state index contributed by atoms with van der Waals surface area (Å²) in [5.41, 5.74) is 6.40. The van der Waals surface area contributed by atoms with Crippen molar-refractivity contribution >= 4 is 11.3 Å². The number of hydrogen-bond acceptors (Lipinski definition) is 2. The molecule has 0 unspecified atom stereocenters. The Labute approximate surface area is 101 Å². The first kappa shape index (κ1) is 11.4. The van der Waals surface area contributed by atoms with E-state index in [4.69, 9.17) is 5.73 Å². The largest absolute Gasteiger partial charge is 0.416 e. The quantitative estimate of drug-likeness (QED) is 0.850. The second-order valence-electron chi connectivity index (χ2n) is 4.67. The Morgan fingerprint density at radius 3 is 2.61 bits per heavy atom. The summed E-state index contributed by atoms with van der Waals surface area (Å²) >= 11 is 0. The molecule has 1 saturated carbocycles. The molecule has 3 nitrogen and oxygen atoms in total. The van der Waals surface area contributed by atoms with Gasteiger partial charge >= 0.3 is 6.18 Å². The SMILES string of the molecule is Nc1nn2ccc(C(F)(F)F)cc2c1C1CCC1. The van der Waals surface area contributed by atoms with E-state index in [-0.39, 0.29) is 5.92 Å². The van der Waals surface area contributed by atoms with Gasteiger partial charge in [-0.1, -0.05) is 6.42 Å². The van der Waals surface area contributed by atoms with E-state index in [1.54, 1.807) is 0 Å². The molecule has 0 aromatic carbocycles. The molecule has 0 amide bonds. The number of halogens is 3. The van der Waals surface area contributed by atoms with Gasteiger partial charge in [-0.3, -0.25) is 0 Å². The molecule has 2 heterocycles. The van der Waals surface area contributed by atoms with Gasteiger partial charge in [0.15, 0.2) is 0 Å².